The molecule has 1 atom stereocenters. The van der Waals surface area contributed by atoms with Crippen molar-refractivity contribution in [1.82, 2.24) is 5.32 Å². The second-order valence-corrected chi connectivity index (χ2v) is 5.67. The van der Waals surface area contributed by atoms with Crippen LogP contribution in [0.5, 0.6) is 5.75 Å². The Hall–Kier alpha value is -1.10. The first-order chi connectivity index (χ1) is 9.66. The van der Waals surface area contributed by atoms with E-state index in [1.54, 1.807) is 7.11 Å². The average Bonchev–Trinajstić information content (AvgIpc) is 2.52. The number of methoxy groups -OCH3 is 1. The van der Waals surface area contributed by atoms with E-state index in [2.05, 4.69) is 17.4 Å². The maximum atomic E-state index is 9.54. The Morgan fingerprint density at radius 3 is 2.65 bits per heavy atom. The number of hydrogen-bond donors (Lipinski definition) is 3. The average molecular weight is 279 g/mol. The minimum absolute atomic E-state index is 0.0402. The molecule has 0 aliphatic heterocycles. The van der Waals surface area contributed by atoms with Gasteiger partial charge in [-0.2, -0.15) is 0 Å². The topological polar surface area (TPSA) is 61.7 Å². The van der Waals surface area contributed by atoms with E-state index in [9.17, 15) is 10.2 Å². The molecule has 0 saturated carbocycles. The van der Waals surface area contributed by atoms with Crippen LogP contribution in [0.2, 0.25) is 0 Å². The van der Waals surface area contributed by atoms with Crippen LogP contribution in [0.3, 0.4) is 0 Å². The van der Waals surface area contributed by atoms with Crippen LogP contribution in [0.15, 0.2) is 18.2 Å². The van der Waals surface area contributed by atoms with Crippen molar-refractivity contribution >= 4 is 0 Å². The molecule has 0 radical (unpaired) electrons. The highest BCUT2D eigenvalue weighted by Gasteiger charge is 2.31. The van der Waals surface area contributed by atoms with Gasteiger partial charge in [0.25, 0.3) is 0 Å². The molecule has 4 heteroatoms. The molecular weight excluding hydrogens is 254 g/mol. The van der Waals surface area contributed by atoms with Gasteiger partial charge in [-0.3, -0.25) is 0 Å². The van der Waals surface area contributed by atoms with E-state index in [1.165, 1.54) is 11.1 Å². The summed E-state index contributed by atoms with van der Waals surface area (Å²) in [4.78, 5) is 0. The molecule has 4 nitrogen and oxygen atoms in total. The van der Waals surface area contributed by atoms with Crippen LogP contribution in [0.4, 0.5) is 0 Å². The van der Waals surface area contributed by atoms with Crippen LogP contribution in [0, 0.1) is 0 Å². The number of hydrogen-bond acceptors (Lipinski definition) is 4. The molecule has 2 rings (SSSR count). The molecule has 112 valence electrons. The zero-order valence-electron chi connectivity index (χ0n) is 12.4. The fourth-order valence-electron chi connectivity index (χ4n) is 2.88. The Morgan fingerprint density at radius 2 is 2.05 bits per heavy atom. The van der Waals surface area contributed by atoms with Crippen molar-refractivity contribution in [3.63, 3.8) is 0 Å². The fourth-order valence-corrected chi connectivity index (χ4v) is 2.88. The Kier molecular flexibility index (Phi) is 5.02. The van der Waals surface area contributed by atoms with E-state index in [0.717, 1.165) is 25.0 Å². The number of fused-ring (bicyclic) bond motifs is 1. The summed E-state index contributed by atoms with van der Waals surface area (Å²) in [7, 11) is 1.68. The largest absolute Gasteiger partial charge is 0.497 e. The van der Waals surface area contributed by atoms with Crippen molar-refractivity contribution in [2.75, 3.05) is 20.3 Å². The second kappa shape index (κ2) is 6.57. The molecule has 20 heavy (non-hydrogen) atoms. The molecule has 0 bridgehead atoms. The summed E-state index contributed by atoms with van der Waals surface area (Å²) in [6.45, 7) is 1.90. The summed E-state index contributed by atoms with van der Waals surface area (Å²) < 4.78 is 5.28. The number of nitrogens with one attached hydrogen (secondary N) is 1. The molecule has 0 amide bonds. The predicted octanol–water partition coefficient (Wildman–Crippen LogP) is 1.28. The predicted molar refractivity (Wildman–Crippen MR) is 79.1 cm³/mol. The summed E-state index contributed by atoms with van der Waals surface area (Å²) in [5.74, 6) is 0.885. The minimum Gasteiger partial charge on any atom is -0.497 e. The SMILES string of the molecule is CCC(CO)(CO)NC1CCc2ccc(OC)cc2C1. The smallest absolute Gasteiger partial charge is 0.119 e. The lowest BCUT2D eigenvalue weighted by Gasteiger charge is -2.36. The Labute approximate surface area is 120 Å². The number of rotatable bonds is 6. The minimum atomic E-state index is -0.568. The lowest BCUT2D eigenvalue weighted by atomic mass is 9.86. The first kappa shape index (κ1) is 15.3. The number of benzene rings is 1. The van der Waals surface area contributed by atoms with Crippen LogP contribution in [-0.4, -0.2) is 42.1 Å². The van der Waals surface area contributed by atoms with Crippen LogP contribution in [0.25, 0.3) is 0 Å². The van der Waals surface area contributed by atoms with E-state index >= 15 is 0 Å². The number of aryl methyl sites for hydroxylation is 1. The van der Waals surface area contributed by atoms with Crippen molar-refractivity contribution in [3.8, 4) is 5.75 Å². The van der Waals surface area contributed by atoms with Gasteiger partial charge in [0.2, 0.25) is 0 Å². The maximum Gasteiger partial charge on any atom is 0.119 e. The standard InChI is InChI=1S/C16H25NO3/c1-3-16(10-18,11-19)17-14-6-4-12-5-7-15(20-2)9-13(12)8-14/h5,7,9,14,17-19H,3-4,6,8,10-11H2,1-2H3. The van der Waals surface area contributed by atoms with Gasteiger partial charge in [0.15, 0.2) is 0 Å². The molecule has 1 unspecified atom stereocenters. The van der Waals surface area contributed by atoms with Crippen LogP contribution in [-0.2, 0) is 12.8 Å². The van der Waals surface area contributed by atoms with Gasteiger partial charge in [0.1, 0.15) is 5.75 Å². The Balaban J connectivity index is 2.10. The first-order valence-corrected chi connectivity index (χ1v) is 7.31. The number of ether oxygens (including phenoxy) is 1. The third kappa shape index (κ3) is 3.14. The van der Waals surface area contributed by atoms with Crippen molar-refractivity contribution in [3.05, 3.63) is 29.3 Å². The van der Waals surface area contributed by atoms with Gasteiger partial charge in [0.05, 0.1) is 25.9 Å². The fraction of sp³-hybridized carbons (Fsp3) is 0.625. The highest BCUT2D eigenvalue weighted by molar-refractivity contribution is 5.38. The molecule has 1 aromatic rings. The van der Waals surface area contributed by atoms with Crippen LogP contribution in [0.1, 0.15) is 30.9 Å². The zero-order chi connectivity index (χ0) is 14.6. The highest BCUT2D eigenvalue weighted by atomic mass is 16.5. The van der Waals surface area contributed by atoms with Gasteiger partial charge in [-0.25, -0.2) is 0 Å². The Bertz CT molecular complexity index is 435. The van der Waals surface area contributed by atoms with Crippen molar-refractivity contribution in [2.45, 2.75) is 44.2 Å². The molecule has 0 heterocycles. The lowest BCUT2D eigenvalue weighted by molar-refractivity contribution is 0.0756. The normalized spacial score (nSPS) is 18.7. The van der Waals surface area contributed by atoms with E-state index in [4.69, 9.17) is 4.74 Å². The van der Waals surface area contributed by atoms with Crippen LogP contribution < -0.4 is 10.1 Å². The summed E-state index contributed by atoms with van der Waals surface area (Å²) in [6, 6.07) is 6.52. The van der Waals surface area contributed by atoms with E-state index in [-0.39, 0.29) is 19.3 Å². The lowest BCUT2D eigenvalue weighted by Crippen LogP contribution is -2.56. The second-order valence-electron chi connectivity index (χ2n) is 5.67. The van der Waals surface area contributed by atoms with E-state index in [0.29, 0.717) is 6.42 Å². The first-order valence-electron chi connectivity index (χ1n) is 7.31. The molecule has 0 saturated heterocycles. The zero-order valence-corrected chi connectivity index (χ0v) is 12.4. The third-order valence-corrected chi connectivity index (χ3v) is 4.43. The molecule has 0 aromatic heterocycles. The highest BCUT2D eigenvalue weighted by Crippen LogP contribution is 2.26. The molecular formula is C16H25NO3. The van der Waals surface area contributed by atoms with Crippen LogP contribution >= 0.6 is 0 Å². The van der Waals surface area contributed by atoms with Gasteiger partial charge in [-0.15, -0.1) is 0 Å². The Morgan fingerprint density at radius 1 is 1.30 bits per heavy atom. The van der Waals surface area contributed by atoms with E-state index < -0.39 is 5.54 Å². The molecule has 0 fully saturated rings. The van der Waals surface area contributed by atoms with Gasteiger partial charge in [-0.1, -0.05) is 13.0 Å². The van der Waals surface area contributed by atoms with Gasteiger partial charge < -0.3 is 20.3 Å². The summed E-state index contributed by atoms with van der Waals surface area (Å²) in [6.07, 6.45) is 3.67. The van der Waals surface area contributed by atoms with Gasteiger partial charge in [-0.05, 0) is 48.9 Å². The monoisotopic (exact) mass is 279 g/mol. The number of aliphatic hydroxyl groups is 2. The molecule has 1 aliphatic rings. The van der Waals surface area contributed by atoms with Gasteiger partial charge >= 0.3 is 0 Å². The van der Waals surface area contributed by atoms with Crippen molar-refractivity contribution < 1.29 is 14.9 Å². The third-order valence-electron chi connectivity index (χ3n) is 4.43. The van der Waals surface area contributed by atoms with E-state index in [1.807, 2.05) is 13.0 Å². The molecule has 3 N–H and O–H groups in total. The number of aliphatic hydroxyl groups excluding tert-OH is 2. The van der Waals surface area contributed by atoms with Crippen molar-refractivity contribution in [2.24, 2.45) is 0 Å². The molecule has 1 aliphatic carbocycles. The van der Waals surface area contributed by atoms with Crippen molar-refractivity contribution in [1.29, 1.82) is 0 Å². The van der Waals surface area contributed by atoms with Gasteiger partial charge in [0, 0.05) is 6.04 Å². The molecule has 1 aromatic carbocycles. The summed E-state index contributed by atoms with van der Waals surface area (Å²) in [5, 5.41) is 22.5. The summed E-state index contributed by atoms with van der Waals surface area (Å²) in [5.41, 5.74) is 2.11. The maximum absolute atomic E-state index is 9.54. The summed E-state index contributed by atoms with van der Waals surface area (Å²) >= 11 is 0. The quantitative estimate of drug-likeness (QED) is 0.734. The molecule has 0 spiro atoms.